The summed E-state index contributed by atoms with van der Waals surface area (Å²) in [5.74, 6) is -0.326. The summed E-state index contributed by atoms with van der Waals surface area (Å²) in [5.41, 5.74) is 4.10. The Morgan fingerprint density at radius 2 is 1.59 bits per heavy atom. The fourth-order valence-corrected chi connectivity index (χ4v) is 4.03. The average Bonchev–Trinajstić information content (AvgIpc) is 2.70. The Hall–Kier alpha value is -3.12. The number of para-hydroxylation sites is 1. The number of amides is 1. The van der Waals surface area contributed by atoms with Crippen LogP contribution >= 0.6 is 0 Å². The van der Waals surface area contributed by atoms with Gasteiger partial charge in [-0.2, -0.15) is 0 Å². The van der Waals surface area contributed by atoms with E-state index >= 15 is 0 Å². The molecule has 0 aliphatic rings. The van der Waals surface area contributed by atoms with E-state index < -0.39 is 10.0 Å². The van der Waals surface area contributed by atoms with Crippen LogP contribution in [-0.4, -0.2) is 14.3 Å². The number of hydrogen-bond acceptors (Lipinski definition) is 3. The summed E-state index contributed by atoms with van der Waals surface area (Å²) in [7, 11) is -3.79. The molecule has 0 aromatic heterocycles. The van der Waals surface area contributed by atoms with Gasteiger partial charge in [-0.25, -0.2) is 8.42 Å². The van der Waals surface area contributed by atoms with E-state index in [0.717, 1.165) is 11.1 Å². The van der Waals surface area contributed by atoms with Gasteiger partial charge >= 0.3 is 0 Å². The highest BCUT2D eigenvalue weighted by molar-refractivity contribution is 7.92. The molecule has 5 nitrogen and oxygen atoms in total. The average molecular weight is 409 g/mol. The standard InChI is InChI=1S/C23H24N2O3S/c1-16-12-13-19(14-17(16)2)18(3)24-23(26)20-8-7-11-22(15-20)29(27,28)25-21-9-5-4-6-10-21/h4-15,18,25H,1-3H3,(H,24,26)/t18-/m0/s1. The Balaban J connectivity index is 1.77. The van der Waals surface area contributed by atoms with Gasteiger partial charge in [0.1, 0.15) is 0 Å². The molecule has 0 aliphatic heterocycles. The molecule has 3 rings (SSSR count). The Labute approximate surface area is 171 Å². The largest absolute Gasteiger partial charge is 0.346 e. The number of hydrogen-bond donors (Lipinski definition) is 2. The van der Waals surface area contributed by atoms with Gasteiger partial charge in [-0.1, -0.05) is 42.5 Å². The van der Waals surface area contributed by atoms with Crippen LogP contribution in [0.5, 0.6) is 0 Å². The molecule has 2 N–H and O–H groups in total. The summed E-state index contributed by atoms with van der Waals surface area (Å²) in [4.78, 5) is 12.7. The van der Waals surface area contributed by atoms with Gasteiger partial charge in [0.05, 0.1) is 10.9 Å². The van der Waals surface area contributed by atoms with Crippen molar-refractivity contribution >= 4 is 21.6 Å². The molecule has 3 aromatic carbocycles. The van der Waals surface area contributed by atoms with Crippen LogP contribution in [0, 0.1) is 13.8 Å². The first-order valence-electron chi connectivity index (χ1n) is 9.32. The first-order valence-corrected chi connectivity index (χ1v) is 10.8. The number of sulfonamides is 1. The van der Waals surface area contributed by atoms with Gasteiger partial charge < -0.3 is 5.32 Å². The molecule has 0 radical (unpaired) electrons. The maximum Gasteiger partial charge on any atom is 0.261 e. The summed E-state index contributed by atoms with van der Waals surface area (Å²) in [6, 6.07) is 20.5. The van der Waals surface area contributed by atoms with Crippen LogP contribution in [0.1, 0.15) is 40.0 Å². The molecule has 1 amide bonds. The van der Waals surface area contributed by atoms with E-state index in [9.17, 15) is 13.2 Å². The molecule has 29 heavy (non-hydrogen) atoms. The van der Waals surface area contributed by atoms with E-state index in [2.05, 4.69) is 10.0 Å². The van der Waals surface area contributed by atoms with Gasteiger partial charge in [-0.05, 0) is 67.8 Å². The summed E-state index contributed by atoms with van der Waals surface area (Å²) >= 11 is 0. The lowest BCUT2D eigenvalue weighted by Crippen LogP contribution is -2.27. The summed E-state index contributed by atoms with van der Waals surface area (Å²) in [6.07, 6.45) is 0. The Kier molecular flexibility index (Phi) is 6.03. The molecule has 0 unspecified atom stereocenters. The lowest BCUT2D eigenvalue weighted by Gasteiger charge is -2.16. The zero-order chi connectivity index (χ0) is 21.0. The molecule has 0 saturated heterocycles. The van der Waals surface area contributed by atoms with Crippen molar-refractivity contribution < 1.29 is 13.2 Å². The van der Waals surface area contributed by atoms with Crippen LogP contribution in [0.15, 0.2) is 77.7 Å². The second kappa shape index (κ2) is 8.49. The molecular weight excluding hydrogens is 384 g/mol. The molecule has 0 bridgehead atoms. The van der Waals surface area contributed by atoms with Crippen LogP contribution in [-0.2, 0) is 10.0 Å². The van der Waals surface area contributed by atoms with E-state index in [1.807, 2.05) is 39.0 Å². The number of aryl methyl sites for hydroxylation is 2. The van der Waals surface area contributed by atoms with Gasteiger partial charge in [-0.3, -0.25) is 9.52 Å². The van der Waals surface area contributed by atoms with Gasteiger partial charge in [0.25, 0.3) is 15.9 Å². The fourth-order valence-electron chi connectivity index (χ4n) is 2.92. The van der Waals surface area contributed by atoms with E-state index in [-0.39, 0.29) is 22.4 Å². The van der Waals surface area contributed by atoms with Gasteiger partial charge in [0.15, 0.2) is 0 Å². The van der Waals surface area contributed by atoms with Gasteiger partial charge in [0, 0.05) is 11.3 Å². The maximum atomic E-state index is 12.7. The van der Waals surface area contributed by atoms with E-state index in [1.54, 1.807) is 42.5 Å². The first kappa shape index (κ1) is 20.6. The van der Waals surface area contributed by atoms with E-state index in [1.165, 1.54) is 17.7 Å². The Morgan fingerprint density at radius 1 is 0.862 bits per heavy atom. The highest BCUT2D eigenvalue weighted by Crippen LogP contribution is 2.19. The van der Waals surface area contributed by atoms with Crippen LogP contribution in [0.4, 0.5) is 5.69 Å². The summed E-state index contributed by atoms with van der Waals surface area (Å²) in [6.45, 7) is 5.97. The highest BCUT2D eigenvalue weighted by Gasteiger charge is 2.18. The molecule has 0 heterocycles. The van der Waals surface area contributed by atoms with Crippen LogP contribution in [0.3, 0.4) is 0 Å². The van der Waals surface area contributed by atoms with Crippen molar-refractivity contribution in [2.24, 2.45) is 0 Å². The molecule has 0 saturated carbocycles. The third kappa shape index (κ3) is 5.03. The zero-order valence-electron chi connectivity index (χ0n) is 16.6. The van der Waals surface area contributed by atoms with Crippen molar-refractivity contribution in [3.8, 4) is 0 Å². The Bertz CT molecular complexity index is 1130. The highest BCUT2D eigenvalue weighted by atomic mass is 32.2. The van der Waals surface area contributed by atoms with Crippen molar-refractivity contribution in [1.82, 2.24) is 5.32 Å². The van der Waals surface area contributed by atoms with Gasteiger partial charge in [-0.15, -0.1) is 0 Å². The molecule has 0 spiro atoms. The normalized spacial score (nSPS) is 12.2. The zero-order valence-corrected chi connectivity index (χ0v) is 17.5. The summed E-state index contributed by atoms with van der Waals surface area (Å²) < 4.78 is 27.8. The summed E-state index contributed by atoms with van der Waals surface area (Å²) in [5, 5.41) is 2.93. The second-order valence-electron chi connectivity index (χ2n) is 7.04. The van der Waals surface area contributed by atoms with Crippen LogP contribution in [0.2, 0.25) is 0 Å². The van der Waals surface area contributed by atoms with Gasteiger partial charge in [0.2, 0.25) is 0 Å². The minimum absolute atomic E-state index is 0.0350. The van der Waals surface area contributed by atoms with Crippen molar-refractivity contribution in [3.05, 3.63) is 95.1 Å². The third-order valence-corrected chi connectivity index (χ3v) is 6.19. The Morgan fingerprint density at radius 3 is 2.28 bits per heavy atom. The molecule has 0 aliphatic carbocycles. The number of carbonyl (C=O) groups is 1. The molecule has 6 heteroatoms. The topological polar surface area (TPSA) is 75.3 Å². The molecule has 3 aromatic rings. The second-order valence-corrected chi connectivity index (χ2v) is 8.72. The quantitative estimate of drug-likeness (QED) is 0.626. The van der Waals surface area contributed by atoms with Crippen molar-refractivity contribution in [1.29, 1.82) is 0 Å². The SMILES string of the molecule is Cc1ccc([C@H](C)NC(=O)c2cccc(S(=O)(=O)Nc3ccccc3)c2)cc1C. The number of rotatable bonds is 6. The first-order chi connectivity index (χ1) is 13.8. The number of nitrogens with one attached hydrogen (secondary N) is 2. The molecule has 1 atom stereocenters. The minimum Gasteiger partial charge on any atom is -0.346 e. The van der Waals surface area contributed by atoms with E-state index in [0.29, 0.717) is 5.69 Å². The van der Waals surface area contributed by atoms with Crippen LogP contribution < -0.4 is 10.0 Å². The molecule has 0 fully saturated rings. The lowest BCUT2D eigenvalue weighted by molar-refractivity contribution is 0.0939. The number of benzene rings is 3. The fraction of sp³-hybridized carbons (Fsp3) is 0.174. The number of carbonyl (C=O) groups excluding carboxylic acids is 1. The minimum atomic E-state index is -3.79. The van der Waals surface area contributed by atoms with Crippen LogP contribution in [0.25, 0.3) is 0 Å². The maximum absolute atomic E-state index is 12.7. The third-order valence-electron chi connectivity index (χ3n) is 4.81. The monoisotopic (exact) mass is 408 g/mol. The van der Waals surface area contributed by atoms with Crippen molar-refractivity contribution in [3.63, 3.8) is 0 Å². The van der Waals surface area contributed by atoms with Crippen molar-refractivity contribution in [2.75, 3.05) is 4.72 Å². The number of anilines is 1. The predicted molar refractivity (Wildman–Crippen MR) is 115 cm³/mol. The lowest BCUT2D eigenvalue weighted by atomic mass is 10.0. The van der Waals surface area contributed by atoms with E-state index in [4.69, 9.17) is 0 Å². The van der Waals surface area contributed by atoms with Crippen molar-refractivity contribution in [2.45, 2.75) is 31.7 Å². The molecular formula is C23H24N2O3S. The smallest absolute Gasteiger partial charge is 0.261 e. The predicted octanol–water partition coefficient (Wildman–Crippen LogP) is 4.60. The molecule has 150 valence electrons.